The van der Waals surface area contributed by atoms with Crippen LogP contribution in [0, 0.1) is 14.9 Å². The molecule has 0 bridgehead atoms. The van der Waals surface area contributed by atoms with Crippen molar-refractivity contribution in [3.8, 4) is 22.2 Å². The van der Waals surface area contributed by atoms with Gasteiger partial charge in [-0.25, -0.2) is 5.10 Å². The monoisotopic (exact) mass is 419 g/mol. The Bertz CT molecular complexity index is 1070. The van der Waals surface area contributed by atoms with Crippen LogP contribution >= 0.6 is 23.6 Å². The average molecular weight is 419 g/mol. The fraction of sp³-hybridized carbons (Fsp3) is 0.235. The summed E-state index contributed by atoms with van der Waals surface area (Å²) in [6, 6.07) is 6.78. The van der Waals surface area contributed by atoms with Crippen LogP contribution < -0.4 is 9.47 Å². The molecule has 11 heteroatoms. The van der Waals surface area contributed by atoms with Crippen LogP contribution in [-0.4, -0.2) is 39.2 Å². The summed E-state index contributed by atoms with van der Waals surface area (Å²) >= 11 is 6.73. The van der Waals surface area contributed by atoms with E-state index in [0.29, 0.717) is 16.2 Å². The number of rotatable bonds is 7. The SMILES string of the molecule is COc1cc(/C=N\n2c(-c3cccs3)n[nH]c2=S)cc([N+](=O)[O-])c1OC(C)C. The molecule has 2 aromatic heterocycles. The molecule has 3 rings (SSSR count). The highest BCUT2D eigenvalue weighted by atomic mass is 32.1. The Morgan fingerprint density at radius 3 is 2.86 bits per heavy atom. The van der Waals surface area contributed by atoms with Crippen LogP contribution in [0.1, 0.15) is 19.4 Å². The maximum absolute atomic E-state index is 11.5. The molecule has 0 aliphatic carbocycles. The second-order valence-corrected chi connectivity index (χ2v) is 7.22. The van der Waals surface area contributed by atoms with E-state index in [1.807, 2.05) is 17.5 Å². The number of methoxy groups -OCH3 is 1. The molecule has 0 amide bonds. The van der Waals surface area contributed by atoms with E-state index in [1.165, 1.54) is 35.4 Å². The molecule has 0 saturated heterocycles. The Balaban J connectivity index is 2.04. The number of hydrogen-bond acceptors (Lipinski definition) is 8. The standard InChI is InChI=1S/C17H17N5O4S2/c1-10(2)26-15-12(22(23)24)7-11(8-13(15)25-3)9-18-21-16(19-20-17(21)27)14-5-4-6-28-14/h4-10H,1-3H3,(H,20,27)/b18-9-. The number of nitrogens with zero attached hydrogens (tertiary/aromatic N) is 4. The first-order valence-electron chi connectivity index (χ1n) is 8.19. The van der Waals surface area contributed by atoms with Crippen molar-refractivity contribution in [3.63, 3.8) is 0 Å². The van der Waals surface area contributed by atoms with Crippen LogP contribution in [0.2, 0.25) is 0 Å². The summed E-state index contributed by atoms with van der Waals surface area (Å²) in [5.74, 6) is 0.884. The molecule has 28 heavy (non-hydrogen) atoms. The first kappa shape index (κ1) is 19.7. The van der Waals surface area contributed by atoms with Crippen LogP contribution in [0.4, 0.5) is 5.69 Å². The van der Waals surface area contributed by atoms with Crippen LogP contribution in [0.5, 0.6) is 11.5 Å². The highest BCUT2D eigenvalue weighted by molar-refractivity contribution is 7.71. The van der Waals surface area contributed by atoms with Gasteiger partial charge in [0.05, 0.1) is 29.2 Å². The molecule has 0 spiro atoms. The van der Waals surface area contributed by atoms with Gasteiger partial charge in [0.15, 0.2) is 11.6 Å². The molecular weight excluding hydrogens is 402 g/mol. The van der Waals surface area contributed by atoms with E-state index in [-0.39, 0.29) is 23.3 Å². The van der Waals surface area contributed by atoms with Crippen molar-refractivity contribution in [3.05, 3.63) is 50.1 Å². The zero-order valence-electron chi connectivity index (χ0n) is 15.3. The highest BCUT2D eigenvalue weighted by Gasteiger charge is 2.23. The molecule has 9 nitrogen and oxygen atoms in total. The lowest BCUT2D eigenvalue weighted by Crippen LogP contribution is -2.09. The Morgan fingerprint density at radius 1 is 1.46 bits per heavy atom. The molecule has 0 fully saturated rings. The average Bonchev–Trinajstić information content (AvgIpc) is 3.29. The van der Waals surface area contributed by atoms with Gasteiger partial charge in [0.2, 0.25) is 10.5 Å². The lowest BCUT2D eigenvalue weighted by molar-refractivity contribution is -0.386. The van der Waals surface area contributed by atoms with Crippen molar-refractivity contribution in [2.75, 3.05) is 7.11 Å². The van der Waals surface area contributed by atoms with Gasteiger partial charge >= 0.3 is 5.69 Å². The van der Waals surface area contributed by atoms with E-state index in [2.05, 4.69) is 15.3 Å². The predicted molar refractivity (Wildman–Crippen MR) is 109 cm³/mol. The number of thiophene rings is 1. The summed E-state index contributed by atoms with van der Waals surface area (Å²) in [5, 5.41) is 24.7. The number of nitrogens with one attached hydrogen (secondary N) is 1. The normalized spacial score (nSPS) is 11.3. The number of H-pyrrole nitrogens is 1. The van der Waals surface area contributed by atoms with Gasteiger partial charge in [-0.3, -0.25) is 10.1 Å². The lowest BCUT2D eigenvalue weighted by Gasteiger charge is -2.14. The summed E-state index contributed by atoms with van der Waals surface area (Å²) in [6.45, 7) is 3.57. The number of aromatic nitrogens is 3. The number of nitro groups is 1. The van der Waals surface area contributed by atoms with Gasteiger partial charge in [-0.15, -0.1) is 11.3 Å². The van der Waals surface area contributed by atoms with E-state index in [4.69, 9.17) is 21.7 Å². The number of hydrogen-bond donors (Lipinski definition) is 1. The molecule has 146 valence electrons. The number of nitro benzene ring substituents is 1. The van der Waals surface area contributed by atoms with Crippen molar-refractivity contribution in [1.82, 2.24) is 14.9 Å². The molecule has 0 aliphatic rings. The molecule has 0 saturated carbocycles. The first-order valence-corrected chi connectivity index (χ1v) is 9.48. The maximum Gasteiger partial charge on any atom is 0.315 e. The highest BCUT2D eigenvalue weighted by Crippen LogP contribution is 2.38. The van der Waals surface area contributed by atoms with Crippen molar-refractivity contribution in [1.29, 1.82) is 0 Å². The van der Waals surface area contributed by atoms with Crippen LogP contribution in [0.3, 0.4) is 0 Å². The largest absolute Gasteiger partial charge is 0.493 e. The predicted octanol–water partition coefficient (Wildman–Crippen LogP) is 4.26. The topological polar surface area (TPSA) is 108 Å². The zero-order chi connectivity index (χ0) is 20.3. The number of aromatic amines is 1. The van der Waals surface area contributed by atoms with Gasteiger partial charge in [0.25, 0.3) is 0 Å². The molecule has 1 aromatic carbocycles. The van der Waals surface area contributed by atoms with Gasteiger partial charge in [-0.2, -0.15) is 14.9 Å². The fourth-order valence-electron chi connectivity index (χ4n) is 2.41. The molecule has 0 atom stereocenters. The molecular formula is C17H17N5O4S2. The van der Waals surface area contributed by atoms with Crippen molar-refractivity contribution < 1.29 is 14.4 Å². The lowest BCUT2D eigenvalue weighted by atomic mass is 10.2. The third kappa shape index (κ3) is 4.10. The summed E-state index contributed by atoms with van der Waals surface area (Å²) in [5.41, 5.74) is 0.253. The summed E-state index contributed by atoms with van der Waals surface area (Å²) in [6.07, 6.45) is 1.21. The van der Waals surface area contributed by atoms with Gasteiger partial charge in [0, 0.05) is 11.6 Å². The molecule has 1 N–H and O–H groups in total. The number of benzene rings is 1. The minimum Gasteiger partial charge on any atom is -0.493 e. The summed E-state index contributed by atoms with van der Waals surface area (Å²) < 4.78 is 12.6. The van der Waals surface area contributed by atoms with Gasteiger partial charge in [0.1, 0.15) is 0 Å². The third-order valence-corrected chi connectivity index (χ3v) is 4.67. The molecule has 0 unspecified atom stereocenters. The van der Waals surface area contributed by atoms with Crippen molar-refractivity contribution >= 4 is 35.5 Å². The van der Waals surface area contributed by atoms with Gasteiger partial charge in [-0.1, -0.05) is 6.07 Å². The van der Waals surface area contributed by atoms with Crippen molar-refractivity contribution in [2.24, 2.45) is 5.10 Å². The Hall–Kier alpha value is -3.05. The molecule has 3 aromatic rings. The Kier molecular flexibility index (Phi) is 5.85. The first-order chi connectivity index (χ1) is 13.4. The van der Waals surface area contributed by atoms with E-state index in [1.54, 1.807) is 19.9 Å². The van der Waals surface area contributed by atoms with E-state index in [9.17, 15) is 10.1 Å². The smallest absolute Gasteiger partial charge is 0.315 e. The Morgan fingerprint density at radius 2 is 2.25 bits per heavy atom. The van der Waals surface area contributed by atoms with Gasteiger partial charge in [-0.05, 0) is 43.6 Å². The van der Waals surface area contributed by atoms with E-state index in [0.717, 1.165) is 4.88 Å². The van der Waals surface area contributed by atoms with E-state index >= 15 is 0 Å². The van der Waals surface area contributed by atoms with E-state index < -0.39 is 4.92 Å². The third-order valence-electron chi connectivity index (χ3n) is 3.54. The number of ether oxygens (including phenoxy) is 2. The maximum atomic E-state index is 11.5. The molecule has 0 aliphatic heterocycles. The Labute approximate surface area is 169 Å². The van der Waals surface area contributed by atoms with Crippen LogP contribution in [0.25, 0.3) is 10.7 Å². The second kappa shape index (κ2) is 8.31. The summed E-state index contributed by atoms with van der Waals surface area (Å²) in [4.78, 5) is 11.9. The van der Waals surface area contributed by atoms with Crippen LogP contribution in [-0.2, 0) is 0 Å². The zero-order valence-corrected chi connectivity index (χ0v) is 16.9. The summed E-state index contributed by atoms with van der Waals surface area (Å²) in [7, 11) is 1.42. The fourth-order valence-corrected chi connectivity index (χ4v) is 3.29. The minimum absolute atomic E-state index is 0.0823. The van der Waals surface area contributed by atoms with Crippen LogP contribution in [0.15, 0.2) is 34.7 Å². The quantitative estimate of drug-likeness (QED) is 0.265. The second-order valence-electron chi connectivity index (χ2n) is 5.88. The molecule has 2 heterocycles. The van der Waals surface area contributed by atoms with Crippen molar-refractivity contribution in [2.45, 2.75) is 20.0 Å². The van der Waals surface area contributed by atoms with Gasteiger partial charge < -0.3 is 9.47 Å². The molecule has 0 radical (unpaired) electrons. The minimum atomic E-state index is -0.516.